The van der Waals surface area contributed by atoms with Gasteiger partial charge in [-0.3, -0.25) is 0 Å². The summed E-state index contributed by atoms with van der Waals surface area (Å²) in [6, 6.07) is 12.0. The number of hydrogen-bond donors (Lipinski definition) is 1. The molecule has 0 aliphatic carbocycles. The molecule has 8 heteroatoms. The van der Waals surface area contributed by atoms with Crippen molar-refractivity contribution in [2.45, 2.75) is 24.1 Å². The fourth-order valence-corrected chi connectivity index (χ4v) is 4.86. The number of nitrogens with zero attached hydrogens (tertiary/aromatic N) is 2. The van der Waals surface area contributed by atoms with Crippen LogP contribution in [0.4, 0.5) is 0 Å². The van der Waals surface area contributed by atoms with Gasteiger partial charge in [0.25, 0.3) is 0 Å². The van der Waals surface area contributed by atoms with Crippen LogP contribution in [0.5, 0.6) is 5.75 Å². The zero-order valence-electron chi connectivity index (χ0n) is 17.4. The number of esters is 1. The third kappa shape index (κ3) is 5.04. The number of hydrogen-bond acceptors (Lipinski definition) is 5. The number of aryl methyl sites for hydroxylation is 1. The molecule has 30 heavy (non-hydrogen) atoms. The lowest BCUT2D eigenvalue weighted by molar-refractivity contribution is 0.0527. The zero-order valence-corrected chi connectivity index (χ0v) is 21.6. The highest BCUT2D eigenvalue weighted by molar-refractivity contribution is 9.10. The summed E-state index contributed by atoms with van der Waals surface area (Å²) in [4.78, 5) is 16.1. The lowest BCUT2D eigenvalue weighted by Gasteiger charge is -2.15. The first-order chi connectivity index (χ1) is 13.8. The van der Waals surface area contributed by atoms with Gasteiger partial charge in [-0.05, 0) is 55.1 Å². The highest BCUT2D eigenvalue weighted by Gasteiger charge is 2.27. The number of carbonyl (C=O) groups is 1. The van der Waals surface area contributed by atoms with Crippen LogP contribution in [-0.4, -0.2) is 41.2 Å². The van der Waals surface area contributed by atoms with Crippen LogP contribution in [0.2, 0.25) is 0 Å². The van der Waals surface area contributed by atoms with E-state index in [9.17, 15) is 9.90 Å². The van der Waals surface area contributed by atoms with E-state index < -0.39 is 0 Å². The average molecular weight is 558 g/mol. The number of ether oxygens (including phenoxy) is 1. The summed E-state index contributed by atoms with van der Waals surface area (Å²) >= 11 is 5.13. The second-order valence-corrected chi connectivity index (χ2v) is 8.92. The van der Waals surface area contributed by atoms with Crippen molar-refractivity contribution in [3.63, 3.8) is 0 Å². The molecular formula is C22H26Br2N2O3S. The van der Waals surface area contributed by atoms with Crippen LogP contribution in [0.15, 0.2) is 45.8 Å². The highest BCUT2D eigenvalue weighted by Crippen LogP contribution is 2.41. The Morgan fingerprint density at radius 3 is 2.53 bits per heavy atom. The maximum absolute atomic E-state index is 13.0. The van der Waals surface area contributed by atoms with Gasteiger partial charge in [0.2, 0.25) is 0 Å². The van der Waals surface area contributed by atoms with E-state index in [2.05, 4.69) is 28.1 Å². The Hall–Kier alpha value is -1.48. The molecule has 0 atom stereocenters. The van der Waals surface area contributed by atoms with Gasteiger partial charge in [-0.15, -0.1) is 28.7 Å². The smallest absolute Gasteiger partial charge is 0.340 e. The number of aromatic hydroxyl groups is 1. The topological polar surface area (TPSA) is 54.7 Å². The summed E-state index contributed by atoms with van der Waals surface area (Å²) in [5.74, 6) is 0.413. The van der Waals surface area contributed by atoms with Crippen molar-refractivity contribution < 1.29 is 14.6 Å². The van der Waals surface area contributed by atoms with Crippen LogP contribution in [0.1, 0.15) is 28.5 Å². The first-order valence-electron chi connectivity index (χ1n) is 9.36. The number of carbonyl (C=O) groups excluding carboxylic acids is 1. The molecular weight excluding hydrogens is 532 g/mol. The quantitative estimate of drug-likeness (QED) is 0.296. The van der Waals surface area contributed by atoms with Crippen LogP contribution in [0.25, 0.3) is 10.9 Å². The van der Waals surface area contributed by atoms with E-state index in [4.69, 9.17) is 4.74 Å². The molecule has 0 saturated heterocycles. The van der Waals surface area contributed by atoms with Crippen molar-refractivity contribution in [1.29, 1.82) is 0 Å². The minimum absolute atomic E-state index is 0. The van der Waals surface area contributed by atoms with Gasteiger partial charge in [0.15, 0.2) is 0 Å². The van der Waals surface area contributed by atoms with Crippen molar-refractivity contribution in [3.05, 3.63) is 57.7 Å². The van der Waals surface area contributed by atoms with E-state index in [0.29, 0.717) is 34.5 Å². The molecule has 0 fully saturated rings. The van der Waals surface area contributed by atoms with Gasteiger partial charge < -0.3 is 19.3 Å². The normalized spacial score (nSPS) is 11.0. The first-order valence-corrected chi connectivity index (χ1v) is 11.1. The highest BCUT2D eigenvalue weighted by atomic mass is 79.9. The SMILES string of the molecule is Br.CCOC(=O)c1c(CSc2ccccc2)n(C)c2cc(Br)c(O)c(CN(C)C)c12. The van der Waals surface area contributed by atoms with E-state index in [1.54, 1.807) is 18.7 Å². The number of phenolic OH excluding ortho intramolecular Hbond substituents is 1. The zero-order chi connectivity index (χ0) is 21.1. The maximum Gasteiger partial charge on any atom is 0.340 e. The molecule has 0 spiro atoms. The Morgan fingerprint density at radius 2 is 1.93 bits per heavy atom. The van der Waals surface area contributed by atoms with E-state index >= 15 is 0 Å². The van der Waals surface area contributed by atoms with E-state index in [1.807, 2.05) is 54.9 Å². The first kappa shape index (κ1) is 24.8. The fourth-order valence-electron chi connectivity index (χ4n) is 3.41. The predicted octanol–water partition coefficient (Wildman–Crippen LogP) is 5.75. The van der Waals surface area contributed by atoms with Crippen LogP contribution in [0, 0.1) is 0 Å². The van der Waals surface area contributed by atoms with Crippen molar-refractivity contribution in [2.24, 2.45) is 7.05 Å². The second-order valence-electron chi connectivity index (χ2n) is 7.02. The fraction of sp³-hybridized carbons (Fsp3) is 0.318. The number of phenols is 1. The molecule has 0 bridgehead atoms. The molecule has 0 aliphatic rings. The Labute approximate surface area is 200 Å². The Balaban J connectivity index is 0.00000320. The third-order valence-corrected chi connectivity index (χ3v) is 6.34. The van der Waals surface area contributed by atoms with Crippen LogP contribution >= 0.6 is 44.7 Å². The van der Waals surface area contributed by atoms with Crippen molar-refractivity contribution in [3.8, 4) is 5.75 Å². The van der Waals surface area contributed by atoms with E-state index in [1.165, 1.54) is 0 Å². The molecule has 0 aliphatic heterocycles. The molecule has 1 N–H and O–H groups in total. The number of rotatable bonds is 7. The molecule has 0 radical (unpaired) electrons. The van der Waals surface area contributed by atoms with Gasteiger partial charge in [0.05, 0.1) is 22.2 Å². The summed E-state index contributed by atoms with van der Waals surface area (Å²) < 4.78 is 8.04. The summed E-state index contributed by atoms with van der Waals surface area (Å²) in [7, 11) is 5.82. The Morgan fingerprint density at radius 1 is 1.27 bits per heavy atom. The van der Waals surface area contributed by atoms with Gasteiger partial charge in [0.1, 0.15) is 5.75 Å². The largest absolute Gasteiger partial charge is 0.506 e. The number of halogens is 2. The predicted molar refractivity (Wildman–Crippen MR) is 132 cm³/mol. The molecule has 3 rings (SSSR count). The van der Waals surface area contributed by atoms with Gasteiger partial charge in [-0.2, -0.15) is 0 Å². The second kappa shape index (κ2) is 10.7. The lowest BCUT2D eigenvalue weighted by atomic mass is 10.0. The lowest BCUT2D eigenvalue weighted by Crippen LogP contribution is -2.13. The summed E-state index contributed by atoms with van der Waals surface area (Å²) in [5.41, 5.74) is 3.02. The molecule has 3 aromatic rings. The minimum atomic E-state index is -0.358. The molecule has 0 amide bonds. The van der Waals surface area contributed by atoms with Crippen molar-refractivity contribution in [1.82, 2.24) is 9.47 Å². The van der Waals surface area contributed by atoms with Gasteiger partial charge in [-0.25, -0.2) is 4.79 Å². The van der Waals surface area contributed by atoms with E-state index in [-0.39, 0.29) is 28.7 Å². The average Bonchev–Trinajstić information content (AvgIpc) is 2.96. The maximum atomic E-state index is 13.0. The standard InChI is InChI=1S/C22H25BrN2O3S.BrH/c1-5-28-22(27)20-18(13-29-14-9-7-6-8-10-14)25(4)17-11-16(23)21(26)15(19(17)20)12-24(2)3;/h6-11,26H,5,12-13H2,1-4H3;1H. The number of thioether (sulfide) groups is 1. The van der Waals surface area contributed by atoms with Crippen LogP contribution in [-0.2, 0) is 24.1 Å². The van der Waals surface area contributed by atoms with Crippen molar-refractivity contribution in [2.75, 3.05) is 20.7 Å². The van der Waals surface area contributed by atoms with Gasteiger partial charge >= 0.3 is 5.97 Å². The summed E-state index contributed by atoms with van der Waals surface area (Å²) in [5, 5.41) is 11.5. The Kier molecular flexibility index (Phi) is 8.85. The third-order valence-electron chi connectivity index (χ3n) is 4.71. The molecule has 0 saturated carbocycles. The number of benzene rings is 2. The van der Waals surface area contributed by atoms with Crippen LogP contribution < -0.4 is 0 Å². The molecule has 162 valence electrons. The van der Waals surface area contributed by atoms with Gasteiger partial charge in [-0.1, -0.05) is 18.2 Å². The molecule has 5 nitrogen and oxygen atoms in total. The molecule has 1 aromatic heterocycles. The molecule has 0 unspecified atom stereocenters. The summed E-state index contributed by atoms with van der Waals surface area (Å²) in [6.45, 7) is 2.60. The number of aromatic nitrogens is 1. The minimum Gasteiger partial charge on any atom is -0.506 e. The van der Waals surface area contributed by atoms with Crippen LogP contribution in [0.3, 0.4) is 0 Å². The number of fused-ring (bicyclic) bond motifs is 1. The molecule has 2 aromatic carbocycles. The Bertz CT molecular complexity index is 1040. The summed E-state index contributed by atoms with van der Waals surface area (Å²) in [6.07, 6.45) is 0. The van der Waals surface area contributed by atoms with Crippen molar-refractivity contribution >= 4 is 61.5 Å². The monoisotopic (exact) mass is 556 g/mol. The molecule has 1 heterocycles. The van der Waals surface area contributed by atoms with E-state index in [0.717, 1.165) is 21.5 Å². The van der Waals surface area contributed by atoms with Gasteiger partial charge in [0, 0.05) is 40.9 Å².